The van der Waals surface area contributed by atoms with Crippen molar-refractivity contribution in [2.45, 2.75) is 90.8 Å². The van der Waals surface area contributed by atoms with Gasteiger partial charge in [0, 0.05) is 18.8 Å². The van der Waals surface area contributed by atoms with Gasteiger partial charge in [-0.25, -0.2) is 0 Å². The molecule has 0 bridgehead atoms. The van der Waals surface area contributed by atoms with Crippen molar-refractivity contribution in [2.75, 3.05) is 0 Å². The van der Waals surface area contributed by atoms with Crippen molar-refractivity contribution in [3.63, 3.8) is 0 Å². The number of carbonyl (C=O) groups is 2. The average Bonchev–Trinajstić information content (AvgIpc) is 2.87. The maximum absolute atomic E-state index is 12.3. The van der Waals surface area contributed by atoms with Crippen molar-refractivity contribution in [3.05, 3.63) is 11.6 Å². The van der Waals surface area contributed by atoms with E-state index >= 15 is 0 Å². The second-order valence-corrected chi connectivity index (χ2v) is 10.1. The van der Waals surface area contributed by atoms with Crippen LogP contribution < -0.4 is 0 Å². The molecule has 27 heavy (non-hydrogen) atoms. The third-order valence-electron chi connectivity index (χ3n) is 9.13. The molecule has 0 spiro atoms. The van der Waals surface area contributed by atoms with E-state index in [1.165, 1.54) is 12.5 Å². The van der Waals surface area contributed by atoms with Crippen LogP contribution in [0, 0.1) is 28.6 Å². The highest BCUT2D eigenvalue weighted by atomic mass is 16.5. The van der Waals surface area contributed by atoms with E-state index in [9.17, 15) is 14.7 Å². The summed E-state index contributed by atoms with van der Waals surface area (Å²) >= 11 is 0. The number of allylic oxidation sites excluding steroid dienone is 1. The normalized spacial score (nSPS) is 48.7. The Morgan fingerprint density at radius 1 is 1.07 bits per heavy atom. The molecule has 0 aliphatic heterocycles. The summed E-state index contributed by atoms with van der Waals surface area (Å²) in [5.74, 6) is 1.36. The highest BCUT2D eigenvalue weighted by Crippen LogP contribution is 2.67. The minimum Gasteiger partial charge on any atom is -0.462 e. The fourth-order valence-electron chi connectivity index (χ4n) is 7.56. The van der Waals surface area contributed by atoms with E-state index in [0.29, 0.717) is 24.2 Å². The molecule has 0 aromatic carbocycles. The molecule has 0 saturated heterocycles. The first-order valence-corrected chi connectivity index (χ1v) is 10.7. The quantitative estimate of drug-likeness (QED) is 0.581. The molecule has 4 aliphatic carbocycles. The molecule has 3 saturated carbocycles. The van der Waals surface area contributed by atoms with Crippen molar-refractivity contribution < 1.29 is 19.4 Å². The van der Waals surface area contributed by atoms with Crippen molar-refractivity contribution in [1.29, 1.82) is 0 Å². The monoisotopic (exact) mass is 374 g/mol. The molecular weight excluding hydrogens is 340 g/mol. The molecule has 3 fully saturated rings. The van der Waals surface area contributed by atoms with Crippen LogP contribution in [0.5, 0.6) is 0 Å². The zero-order chi connectivity index (χ0) is 19.6. The first kappa shape index (κ1) is 19.2. The Balaban J connectivity index is 1.61. The average molecular weight is 375 g/mol. The van der Waals surface area contributed by atoms with E-state index in [4.69, 9.17) is 4.74 Å². The Bertz CT molecular complexity index is 696. The van der Waals surface area contributed by atoms with Crippen molar-refractivity contribution in [1.82, 2.24) is 0 Å². The Morgan fingerprint density at radius 2 is 1.78 bits per heavy atom. The number of ketones is 1. The summed E-state index contributed by atoms with van der Waals surface area (Å²) in [7, 11) is 0. The number of rotatable bonds is 2. The Morgan fingerprint density at radius 3 is 2.44 bits per heavy atom. The van der Waals surface area contributed by atoms with Crippen LogP contribution in [0.2, 0.25) is 0 Å². The molecule has 0 radical (unpaired) electrons. The van der Waals surface area contributed by atoms with Gasteiger partial charge < -0.3 is 9.84 Å². The predicted octanol–water partition coefficient (Wildman–Crippen LogP) is 4.20. The maximum atomic E-state index is 12.3. The summed E-state index contributed by atoms with van der Waals surface area (Å²) in [4.78, 5) is 23.7. The van der Waals surface area contributed by atoms with Crippen molar-refractivity contribution in [2.24, 2.45) is 28.6 Å². The minimum atomic E-state index is -1.14. The predicted molar refractivity (Wildman–Crippen MR) is 103 cm³/mol. The van der Waals surface area contributed by atoms with Crippen LogP contribution in [-0.2, 0) is 14.3 Å². The number of hydrogen-bond donors (Lipinski definition) is 1. The lowest BCUT2D eigenvalue weighted by molar-refractivity contribution is -0.160. The molecule has 1 N–H and O–H groups in total. The van der Waals surface area contributed by atoms with Gasteiger partial charge in [-0.05, 0) is 75.0 Å². The molecule has 4 heteroatoms. The molecule has 150 valence electrons. The van der Waals surface area contributed by atoms with Gasteiger partial charge in [0.15, 0.2) is 5.78 Å². The van der Waals surface area contributed by atoms with E-state index < -0.39 is 5.60 Å². The van der Waals surface area contributed by atoms with Gasteiger partial charge in [-0.3, -0.25) is 9.59 Å². The third-order valence-corrected chi connectivity index (χ3v) is 9.13. The van der Waals surface area contributed by atoms with Crippen LogP contribution in [0.3, 0.4) is 0 Å². The van der Waals surface area contributed by atoms with Gasteiger partial charge >= 0.3 is 5.97 Å². The second-order valence-electron chi connectivity index (χ2n) is 10.1. The van der Waals surface area contributed by atoms with Crippen LogP contribution in [0.15, 0.2) is 11.6 Å². The number of Topliss-reactive ketones (excluding diaryl/α,β-unsaturated/α-hetero) is 1. The summed E-state index contributed by atoms with van der Waals surface area (Å²) < 4.78 is 5.51. The summed E-state index contributed by atoms with van der Waals surface area (Å²) in [6.07, 6.45) is 9.96. The van der Waals surface area contributed by atoms with Gasteiger partial charge in [0.2, 0.25) is 0 Å². The minimum absolute atomic E-state index is 0.0292. The number of fused-ring (bicyclic) bond motifs is 5. The first-order valence-electron chi connectivity index (χ1n) is 10.7. The lowest BCUT2D eigenvalue weighted by atomic mass is 9.47. The second kappa shape index (κ2) is 6.17. The Labute approximate surface area is 162 Å². The molecule has 7 atom stereocenters. The van der Waals surface area contributed by atoms with E-state index in [-0.39, 0.29) is 28.7 Å². The Kier molecular flexibility index (Phi) is 4.38. The fraction of sp³-hybridized carbons (Fsp3) is 0.826. The van der Waals surface area contributed by atoms with Crippen LogP contribution in [-0.4, -0.2) is 28.6 Å². The van der Waals surface area contributed by atoms with Crippen LogP contribution >= 0.6 is 0 Å². The van der Waals surface area contributed by atoms with Gasteiger partial charge in [-0.1, -0.05) is 25.5 Å². The lowest BCUT2D eigenvalue weighted by Crippen LogP contribution is -2.57. The van der Waals surface area contributed by atoms with E-state index in [0.717, 1.165) is 44.9 Å². The summed E-state index contributed by atoms with van der Waals surface area (Å²) in [5.41, 5.74) is 0.235. The highest BCUT2D eigenvalue weighted by Gasteiger charge is 2.65. The number of aliphatic hydroxyl groups is 1. The smallest absolute Gasteiger partial charge is 0.302 e. The summed E-state index contributed by atoms with van der Waals surface area (Å²) in [6.45, 7) is 7.64. The molecule has 4 nitrogen and oxygen atoms in total. The van der Waals surface area contributed by atoms with E-state index in [1.807, 2.05) is 0 Å². The van der Waals surface area contributed by atoms with Crippen LogP contribution in [0.25, 0.3) is 0 Å². The molecule has 0 amide bonds. The summed E-state index contributed by atoms with van der Waals surface area (Å²) in [6, 6.07) is 0. The van der Waals surface area contributed by atoms with Gasteiger partial charge in [-0.15, -0.1) is 0 Å². The molecule has 0 heterocycles. The highest BCUT2D eigenvalue weighted by molar-refractivity contribution is 5.86. The Hall–Kier alpha value is -1.16. The van der Waals surface area contributed by atoms with Gasteiger partial charge in [0.25, 0.3) is 0 Å². The largest absolute Gasteiger partial charge is 0.462 e. The number of hydrogen-bond acceptors (Lipinski definition) is 4. The topological polar surface area (TPSA) is 63.6 Å². The zero-order valence-electron chi connectivity index (χ0n) is 17.2. The number of carbonyl (C=O) groups excluding carboxylic acids is 2. The first-order chi connectivity index (χ1) is 12.6. The number of ether oxygens (including phenoxy) is 1. The van der Waals surface area contributed by atoms with Gasteiger partial charge in [-0.2, -0.15) is 0 Å². The molecule has 4 aliphatic rings. The zero-order valence-corrected chi connectivity index (χ0v) is 17.2. The van der Waals surface area contributed by atoms with Crippen molar-refractivity contribution >= 4 is 11.8 Å². The van der Waals surface area contributed by atoms with Crippen LogP contribution in [0.4, 0.5) is 0 Å². The molecular formula is C23H34O4. The molecule has 0 aromatic heterocycles. The third kappa shape index (κ3) is 2.58. The van der Waals surface area contributed by atoms with Gasteiger partial charge in [0.05, 0.1) is 0 Å². The molecule has 4 rings (SSSR count). The van der Waals surface area contributed by atoms with E-state index in [2.05, 4.69) is 19.9 Å². The summed E-state index contributed by atoms with van der Waals surface area (Å²) in [5, 5.41) is 11.2. The van der Waals surface area contributed by atoms with Gasteiger partial charge in [0.1, 0.15) is 11.7 Å². The number of esters is 1. The lowest BCUT2D eigenvalue weighted by Gasteiger charge is -2.58. The molecule has 0 aromatic rings. The maximum Gasteiger partial charge on any atom is 0.302 e. The van der Waals surface area contributed by atoms with Crippen LogP contribution in [0.1, 0.15) is 79.1 Å². The fourth-order valence-corrected chi connectivity index (χ4v) is 7.56. The van der Waals surface area contributed by atoms with Crippen molar-refractivity contribution in [3.8, 4) is 0 Å². The molecule has 0 unspecified atom stereocenters. The van der Waals surface area contributed by atoms with E-state index in [1.54, 1.807) is 6.92 Å². The SMILES string of the molecule is CC(=O)O[C@@H]1CC[C@@]2(C)C(=CC[C@H]3[C@H]2CC[C@]2(C)[C@@H]3CC[C@@]2(O)C(C)=O)C1. The standard InChI is InChI=1S/C23H34O4/c1-14(24)23(26)12-9-20-18-6-5-16-13-17(27-15(2)25)7-10-21(16,3)19(18)8-11-22(20,23)4/h5,17-20,26H,6-13H2,1-4H3/t17-,18+,19-,20-,21+,22-,23-/m1/s1.